The van der Waals surface area contributed by atoms with Crippen LogP contribution >= 0.6 is 0 Å². The van der Waals surface area contributed by atoms with Gasteiger partial charge in [0.2, 0.25) is 5.91 Å². The number of anilines is 1. The molecule has 0 spiro atoms. The third kappa shape index (κ3) is 8.90. The molecule has 6 aromatic rings. The molecule has 274 valence electrons. The van der Waals surface area contributed by atoms with Crippen LogP contribution < -0.4 is 15.4 Å². The van der Waals surface area contributed by atoms with Gasteiger partial charge in [0.1, 0.15) is 17.6 Å². The lowest BCUT2D eigenvalue weighted by Gasteiger charge is -2.25. The van der Waals surface area contributed by atoms with Crippen LogP contribution in [0, 0.1) is 0 Å². The van der Waals surface area contributed by atoms with Gasteiger partial charge in [-0.2, -0.15) is 13.2 Å². The molecule has 12 heteroatoms. The van der Waals surface area contributed by atoms with E-state index in [1.165, 1.54) is 18.0 Å². The summed E-state index contributed by atoms with van der Waals surface area (Å²) in [5, 5.41) is 6.31. The number of hydrogen-bond acceptors (Lipinski definition) is 6. The van der Waals surface area contributed by atoms with Crippen molar-refractivity contribution in [2.24, 2.45) is 0 Å². The molecule has 4 aromatic carbocycles. The smallest absolute Gasteiger partial charge is 0.417 e. The van der Waals surface area contributed by atoms with Crippen LogP contribution in [0.3, 0.4) is 0 Å². The molecule has 0 unspecified atom stereocenters. The summed E-state index contributed by atoms with van der Waals surface area (Å²) in [5.41, 5.74) is 2.74. The molecule has 0 aliphatic heterocycles. The van der Waals surface area contributed by atoms with Crippen molar-refractivity contribution in [2.45, 2.75) is 38.7 Å². The lowest BCUT2D eigenvalue weighted by Crippen LogP contribution is -2.41. The highest BCUT2D eigenvalue weighted by atomic mass is 19.4. The van der Waals surface area contributed by atoms with E-state index in [2.05, 4.69) is 20.6 Å². The van der Waals surface area contributed by atoms with Crippen molar-refractivity contribution >= 4 is 34.4 Å². The monoisotopic (exact) mass is 731 g/mol. The van der Waals surface area contributed by atoms with E-state index in [9.17, 15) is 27.6 Å². The Hall–Kier alpha value is -6.56. The molecule has 2 aromatic heterocycles. The largest absolute Gasteiger partial charge is 0.491 e. The van der Waals surface area contributed by atoms with Gasteiger partial charge in [0.05, 0.1) is 29.4 Å². The fourth-order valence-electron chi connectivity index (χ4n) is 5.81. The van der Waals surface area contributed by atoms with Gasteiger partial charge in [0, 0.05) is 29.8 Å². The van der Waals surface area contributed by atoms with Crippen LogP contribution in [0.15, 0.2) is 128 Å². The minimum Gasteiger partial charge on any atom is -0.491 e. The lowest BCUT2D eigenvalue weighted by atomic mass is 9.99. The average Bonchev–Trinajstić information content (AvgIpc) is 3.16. The molecule has 0 fully saturated rings. The number of nitrogens with one attached hydrogen (secondary N) is 2. The fraction of sp³-hybridized carbons (Fsp3) is 0.167. The van der Waals surface area contributed by atoms with E-state index in [4.69, 9.17) is 4.74 Å². The van der Waals surface area contributed by atoms with Gasteiger partial charge in [0.15, 0.2) is 0 Å². The predicted molar refractivity (Wildman–Crippen MR) is 200 cm³/mol. The van der Waals surface area contributed by atoms with Crippen LogP contribution in [0.4, 0.5) is 19.0 Å². The molecule has 2 N–H and O–H groups in total. The summed E-state index contributed by atoms with van der Waals surface area (Å²) in [7, 11) is 1.49. The lowest BCUT2D eigenvalue weighted by molar-refractivity contribution is -0.138. The van der Waals surface area contributed by atoms with Crippen LogP contribution in [-0.4, -0.2) is 45.7 Å². The number of fused-ring (bicyclic) bond motifs is 1. The van der Waals surface area contributed by atoms with Crippen molar-refractivity contribution in [1.29, 1.82) is 0 Å². The van der Waals surface area contributed by atoms with E-state index in [0.29, 0.717) is 27.8 Å². The molecular weight excluding hydrogens is 695 g/mol. The number of alkyl halides is 3. The maximum absolute atomic E-state index is 13.7. The quantitative estimate of drug-likeness (QED) is 0.138. The zero-order chi connectivity index (χ0) is 38.4. The zero-order valence-electron chi connectivity index (χ0n) is 29.6. The summed E-state index contributed by atoms with van der Waals surface area (Å²) in [6, 6.07) is 32.7. The number of hydrogen-bond donors (Lipinski definition) is 2. The fourth-order valence-corrected chi connectivity index (χ4v) is 5.81. The second-order valence-electron chi connectivity index (χ2n) is 12.8. The number of benzene rings is 4. The topological polar surface area (TPSA) is 114 Å². The molecule has 0 saturated heterocycles. The van der Waals surface area contributed by atoms with Gasteiger partial charge in [-0.3, -0.25) is 19.4 Å². The molecular formula is C42H36F3N5O4. The van der Waals surface area contributed by atoms with Crippen LogP contribution in [0.25, 0.3) is 22.0 Å². The maximum atomic E-state index is 13.7. The molecule has 0 radical (unpaired) electrons. The number of likely N-dealkylation sites (N-methyl/N-ethyl adjacent to an activating group) is 1. The minimum atomic E-state index is -4.53. The van der Waals surface area contributed by atoms with Crippen LogP contribution in [0.5, 0.6) is 5.75 Å². The summed E-state index contributed by atoms with van der Waals surface area (Å²) in [6.45, 7) is 3.83. The molecule has 0 aliphatic rings. The standard InChI is InChI=1S/C42H36F3N5O4/c1-26(2)54-33-19-13-27(14-20-33)34-11-7-8-12-35(34)40(52)48-37-22-16-29-23-30(15-21-36(29)47-37)39(51)49-38(28-9-5-4-6-10-28)41(53)50(3)25-32-18-17-31(24-46-32)42(43,44)45/h4-24,26,38H,25H2,1-3H3,(H,49,51)(H,47,48,52)/t38-/m0/s1. The third-order valence-corrected chi connectivity index (χ3v) is 8.48. The van der Waals surface area contributed by atoms with Gasteiger partial charge in [-0.1, -0.05) is 60.7 Å². The molecule has 0 aliphatic carbocycles. The Bertz CT molecular complexity index is 2280. The molecule has 9 nitrogen and oxygen atoms in total. The number of halogens is 3. The maximum Gasteiger partial charge on any atom is 0.417 e. The average molecular weight is 732 g/mol. The van der Waals surface area contributed by atoms with Gasteiger partial charge >= 0.3 is 6.18 Å². The first-order valence-electron chi connectivity index (χ1n) is 17.1. The molecule has 3 amide bonds. The van der Waals surface area contributed by atoms with Crippen molar-refractivity contribution in [3.8, 4) is 16.9 Å². The van der Waals surface area contributed by atoms with Crippen molar-refractivity contribution in [3.05, 3.63) is 155 Å². The van der Waals surface area contributed by atoms with Crippen LogP contribution in [-0.2, 0) is 17.5 Å². The van der Waals surface area contributed by atoms with Crippen molar-refractivity contribution in [2.75, 3.05) is 12.4 Å². The Morgan fingerprint density at radius 2 is 1.54 bits per heavy atom. The number of aromatic nitrogens is 2. The van der Waals surface area contributed by atoms with Gasteiger partial charge in [-0.25, -0.2) is 4.98 Å². The second-order valence-corrected chi connectivity index (χ2v) is 12.8. The number of rotatable bonds is 11. The number of ether oxygens (including phenoxy) is 1. The first-order chi connectivity index (χ1) is 25.9. The summed E-state index contributed by atoms with van der Waals surface area (Å²) in [4.78, 5) is 50.5. The molecule has 54 heavy (non-hydrogen) atoms. The van der Waals surface area contributed by atoms with E-state index < -0.39 is 29.6 Å². The number of nitrogens with zero attached hydrogens (tertiary/aromatic N) is 3. The highest BCUT2D eigenvalue weighted by molar-refractivity contribution is 6.09. The first kappa shape index (κ1) is 37.2. The van der Waals surface area contributed by atoms with E-state index in [1.54, 1.807) is 72.8 Å². The predicted octanol–water partition coefficient (Wildman–Crippen LogP) is 8.48. The second kappa shape index (κ2) is 16.0. The van der Waals surface area contributed by atoms with E-state index in [1.807, 2.05) is 50.2 Å². The highest BCUT2D eigenvalue weighted by Gasteiger charge is 2.31. The molecule has 0 bridgehead atoms. The zero-order valence-corrected chi connectivity index (χ0v) is 29.6. The number of pyridine rings is 2. The van der Waals surface area contributed by atoms with E-state index >= 15 is 0 Å². The Morgan fingerprint density at radius 3 is 2.22 bits per heavy atom. The van der Waals surface area contributed by atoms with Gasteiger partial charge < -0.3 is 20.3 Å². The SMILES string of the molecule is CC(C)Oc1ccc(-c2ccccc2C(=O)Nc2ccc3cc(C(=O)N[C@H](C(=O)N(C)Cc4ccc(C(F)(F)F)cn4)c4ccccc4)ccc3n2)cc1. The Morgan fingerprint density at radius 1 is 0.815 bits per heavy atom. The van der Waals surface area contributed by atoms with Gasteiger partial charge in [0.25, 0.3) is 11.8 Å². The number of amides is 3. The number of carbonyl (C=O) groups is 3. The van der Waals surface area contributed by atoms with Crippen LogP contribution in [0.2, 0.25) is 0 Å². The number of carbonyl (C=O) groups excluding carboxylic acids is 3. The van der Waals surface area contributed by atoms with Crippen molar-refractivity contribution in [1.82, 2.24) is 20.2 Å². The van der Waals surface area contributed by atoms with E-state index in [0.717, 1.165) is 29.1 Å². The van der Waals surface area contributed by atoms with Gasteiger partial charge in [-0.05, 0) is 91.2 Å². The molecule has 6 rings (SSSR count). The summed E-state index contributed by atoms with van der Waals surface area (Å²) in [6.07, 6.45) is -3.77. The first-order valence-corrected chi connectivity index (χ1v) is 17.1. The summed E-state index contributed by atoms with van der Waals surface area (Å²) in [5.74, 6) is -0.302. The van der Waals surface area contributed by atoms with Gasteiger partial charge in [-0.15, -0.1) is 0 Å². The molecule has 2 heterocycles. The van der Waals surface area contributed by atoms with Crippen molar-refractivity contribution < 1.29 is 32.3 Å². The molecule has 1 atom stereocenters. The van der Waals surface area contributed by atoms with Crippen LogP contribution in [0.1, 0.15) is 57.4 Å². The van der Waals surface area contributed by atoms with E-state index in [-0.39, 0.29) is 29.8 Å². The third-order valence-electron chi connectivity index (χ3n) is 8.48. The Kier molecular flexibility index (Phi) is 11.0. The Labute approximate surface area is 309 Å². The Balaban J connectivity index is 1.16. The highest BCUT2D eigenvalue weighted by Crippen LogP contribution is 2.29. The summed E-state index contributed by atoms with van der Waals surface area (Å²) < 4.78 is 44.8. The summed E-state index contributed by atoms with van der Waals surface area (Å²) >= 11 is 0. The minimum absolute atomic E-state index is 0.0404. The molecule has 0 saturated carbocycles. The normalized spacial score (nSPS) is 11.9. The van der Waals surface area contributed by atoms with Crippen molar-refractivity contribution in [3.63, 3.8) is 0 Å².